The van der Waals surface area contributed by atoms with E-state index in [4.69, 9.17) is 4.74 Å². The zero-order valence-corrected chi connectivity index (χ0v) is 13.3. The Labute approximate surface area is 130 Å². The Morgan fingerprint density at radius 1 is 1.32 bits per heavy atom. The normalized spacial score (nSPS) is 15.8. The first-order chi connectivity index (χ1) is 10.6. The average Bonchev–Trinajstić information content (AvgIpc) is 3.15. The van der Waals surface area contributed by atoms with Crippen LogP contribution in [0, 0.1) is 5.92 Å². The molecule has 0 bridgehead atoms. The smallest absolute Gasteiger partial charge is 0.169 e. The van der Waals surface area contributed by atoms with Crippen molar-refractivity contribution in [3.8, 4) is 5.75 Å². The molecule has 0 spiro atoms. The Kier molecular flexibility index (Phi) is 4.43. The van der Waals surface area contributed by atoms with Crippen LogP contribution >= 0.6 is 0 Å². The van der Waals surface area contributed by atoms with Gasteiger partial charge in [0.25, 0.3) is 0 Å². The Morgan fingerprint density at radius 2 is 2.09 bits per heavy atom. The molecule has 2 aromatic heterocycles. The van der Waals surface area contributed by atoms with Gasteiger partial charge in [-0.15, -0.1) is 0 Å². The topological polar surface area (TPSA) is 46.8 Å². The molecule has 2 aromatic rings. The number of pyridine rings is 1. The molecule has 0 unspecified atom stereocenters. The molecule has 0 radical (unpaired) electrons. The van der Waals surface area contributed by atoms with E-state index in [-0.39, 0.29) is 11.7 Å². The van der Waals surface area contributed by atoms with E-state index in [0.29, 0.717) is 12.2 Å². The lowest BCUT2D eigenvalue weighted by atomic mass is 10.0. The number of likely N-dealkylation sites (tertiary alicyclic amines) is 1. The first kappa shape index (κ1) is 15.0. The second-order valence-electron chi connectivity index (χ2n) is 6.17. The molecule has 0 atom stereocenters. The van der Waals surface area contributed by atoms with Gasteiger partial charge in [-0.25, -0.2) is 4.52 Å². The van der Waals surface area contributed by atoms with Crippen LogP contribution in [0.4, 0.5) is 0 Å². The molecule has 5 heteroatoms. The van der Waals surface area contributed by atoms with Crippen molar-refractivity contribution in [2.45, 2.75) is 26.7 Å². The summed E-state index contributed by atoms with van der Waals surface area (Å²) in [7, 11) is 0. The lowest BCUT2D eigenvalue weighted by molar-refractivity contribution is 0.0941. The minimum absolute atomic E-state index is 0.0237. The molecule has 1 fully saturated rings. The van der Waals surface area contributed by atoms with Crippen molar-refractivity contribution in [2.75, 3.05) is 26.2 Å². The van der Waals surface area contributed by atoms with Crippen LogP contribution in [0.3, 0.4) is 0 Å². The second kappa shape index (κ2) is 6.48. The predicted molar refractivity (Wildman–Crippen MR) is 85.5 cm³/mol. The van der Waals surface area contributed by atoms with Crippen molar-refractivity contribution < 1.29 is 9.53 Å². The third kappa shape index (κ3) is 3.14. The first-order valence-corrected chi connectivity index (χ1v) is 8.02. The van der Waals surface area contributed by atoms with Gasteiger partial charge in [0.1, 0.15) is 12.4 Å². The van der Waals surface area contributed by atoms with Gasteiger partial charge in [0.15, 0.2) is 5.78 Å². The van der Waals surface area contributed by atoms with E-state index in [1.54, 1.807) is 10.7 Å². The number of rotatable bonds is 6. The van der Waals surface area contributed by atoms with Crippen molar-refractivity contribution in [3.05, 3.63) is 30.1 Å². The van der Waals surface area contributed by atoms with Gasteiger partial charge in [0.2, 0.25) is 0 Å². The molecule has 0 aliphatic carbocycles. The first-order valence-electron chi connectivity index (χ1n) is 8.02. The second-order valence-corrected chi connectivity index (χ2v) is 6.17. The molecule has 118 valence electrons. The van der Waals surface area contributed by atoms with Gasteiger partial charge < -0.3 is 4.74 Å². The maximum absolute atomic E-state index is 12.1. The standard InChI is InChI=1S/C17H23N3O2/c1-13(2)17(21)15-11-18-20-12-14(5-6-16(15)20)22-10-9-19-7-3-4-8-19/h5-6,11-13H,3-4,7-10H2,1-2H3. The molecular weight excluding hydrogens is 278 g/mol. The molecule has 1 aliphatic heterocycles. The van der Waals surface area contributed by atoms with Gasteiger partial charge in [-0.3, -0.25) is 9.69 Å². The number of hydrogen-bond donors (Lipinski definition) is 0. The largest absolute Gasteiger partial charge is 0.491 e. The molecule has 3 heterocycles. The number of hydrogen-bond acceptors (Lipinski definition) is 4. The highest BCUT2D eigenvalue weighted by atomic mass is 16.5. The van der Waals surface area contributed by atoms with Crippen LogP contribution in [0.5, 0.6) is 5.75 Å². The number of aromatic nitrogens is 2. The zero-order valence-electron chi connectivity index (χ0n) is 13.3. The van der Waals surface area contributed by atoms with E-state index in [1.165, 1.54) is 25.9 Å². The van der Waals surface area contributed by atoms with E-state index in [1.807, 2.05) is 32.2 Å². The highest BCUT2D eigenvalue weighted by Gasteiger charge is 2.16. The fraction of sp³-hybridized carbons (Fsp3) is 0.529. The quantitative estimate of drug-likeness (QED) is 0.770. The molecule has 1 aliphatic rings. The minimum Gasteiger partial charge on any atom is -0.491 e. The van der Waals surface area contributed by atoms with Gasteiger partial charge in [-0.05, 0) is 38.1 Å². The van der Waals surface area contributed by atoms with Gasteiger partial charge in [-0.1, -0.05) is 13.8 Å². The number of nitrogens with zero attached hydrogens (tertiary/aromatic N) is 3. The van der Waals surface area contributed by atoms with Crippen LogP contribution in [0.25, 0.3) is 5.52 Å². The fourth-order valence-electron chi connectivity index (χ4n) is 2.85. The van der Waals surface area contributed by atoms with Crippen LogP contribution in [0.1, 0.15) is 37.0 Å². The number of Topliss-reactive ketones (excluding diaryl/α,β-unsaturated/α-hetero) is 1. The molecule has 22 heavy (non-hydrogen) atoms. The average molecular weight is 301 g/mol. The number of carbonyl (C=O) groups is 1. The molecule has 1 saturated heterocycles. The van der Waals surface area contributed by atoms with Crippen LogP contribution in [-0.4, -0.2) is 46.5 Å². The van der Waals surface area contributed by atoms with E-state index in [0.717, 1.165) is 17.8 Å². The lowest BCUT2D eigenvalue weighted by Gasteiger charge is -2.14. The molecule has 0 N–H and O–H groups in total. The van der Waals surface area contributed by atoms with E-state index in [2.05, 4.69) is 10.00 Å². The van der Waals surface area contributed by atoms with Gasteiger partial charge in [-0.2, -0.15) is 5.10 Å². The molecular formula is C17H23N3O2. The molecule has 5 nitrogen and oxygen atoms in total. The summed E-state index contributed by atoms with van der Waals surface area (Å²) in [5, 5.41) is 4.27. The van der Waals surface area contributed by atoms with Crippen molar-refractivity contribution in [1.29, 1.82) is 0 Å². The Bertz CT molecular complexity index is 657. The fourth-order valence-corrected chi connectivity index (χ4v) is 2.85. The summed E-state index contributed by atoms with van der Waals surface area (Å²) < 4.78 is 7.53. The van der Waals surface area contributed by atoms with Crippen LogP contribution in [-0.2, 0) is 0 Å². The van der Waals surface area contributed by atoms with Crippen molar-refractivity contribution >= 4 is 11.3 Å². The molecule has 3 rings (SSSR count). The van der Waals surface area contributed by atoms with Gasteiger partial charge in [0, 0.05) is 12.5 Å². The number of fused-ring (bicyclic) bond motifs is 1. The summed E-state index contributed by atoms with van der Waals surface area (Å²) in [4.78, 5) is 14.6. The number of ether oxygens (including phenoxy) is 1. The van der Waals surface area contributed by atoms with Gasteiger partial charge in [0.05, 0.1) is 23.5 Å². The maximum Gasteiger partial charge on any atom is 0.169 e. The summed E-state index contributed by atoms with van der Waals surface area (Å²) in [5.74, 6) is 0.889. The van der Waals surface area contributed by atoms with E-state index < -0.39 is 0 Å². The Hall–Kier alpha value is -1.88. The Morgan fingerprint density at radius 3 is 2.82 bits per heavy atom. The van der Waals surface area contributed by atoms with Crippen molar-refractivity contribution in [3.63, 3.8) is 0 Å². The lowest BCUT2D eigenvalue weighted by Crippen LogP contribution is -2.25. The molecule has 0 amide bonds. The zero-order chi connectivity index (χ0) is 15.5. The van der Waals surface area contributed by atoms with E-state index >= 15 is 0 Å². The predicted octanol–water partition coefficient (Wildman–Crippen LogP) is 2.65. The third-order valence-corrected chi connectivity index (χ3v) is 4.15. The summed E-state index contributed by atoms with van der Waals surface area (Å²) in [6.07, 6.45) is 6.08. The van der Waals surface area contributed by atoms with Crippen molar-refractivity contribution in [1.82, 2.24) is 14.5 Å². The molecule has 0 aromatic carbocycles. The highest BCUT2D eigenvalue weighted by molar-refractivity contribution is 6.03. The van der Waals surface area contributed by atoms with E-state index in [9.17, 15) is 4.79 Å². The summed E-state index contributed by atoms with van der Waals surface area (Å²) >= 11 is 0. The summed E-state index contributed by atoms with van der Waals surface area (Å²) in [6, 6.07) is 3.83. The summed E-state index contributed by atoms with van der Waals surface area (Å²) in [6.45, 7) is 7.83. The molecule has 0 saturated carbocycles. The monoisotopic (exact) mass is 301 g/mol. The van der Waals surface area contributed by atoms with Crippen LogP contribution < -0.4 is 4.74 Å². The summed E-state index contributed by atoms with van der Waals surface area (Å²) in [5.41, 5.74) is 1.52. The van der Waals surface area contributed by atoms with Gasteiger partial charge >= 0.3 is 0 Å². The number of ketones is 1. The van der Waals surface area contributed by atoms with Crippen molar-refractivity contribution in [2.24, 2.45) is 5.92 Å². The number of carbonyl (C=O) groups excluding carboxylic acids is 1. The maximum atomic E-state index is 12.1. The third-order valence-electron chi connectivity index (χ3n) is 4.15. The highest BCUT2D eigenvalue weighted by Crippen LogP contribution is 2.19. The van der Waals surface area contributed by atoms with Crippen LogP contribution in [0.15, 0.2) is 24.5 Å². The Balaban J connectivity index is 1.67. The SMILES string of the molecule is CC(C)C(=O)c1cnn2cc(OCCN3CCCC3)ccc12. The minimum atomic E-state index is -0.0237. The van der Waals surface area contributed by atoms with Crippen LogP contribution in [0.2, 0.25) is 0 Å².